The molecule has 19 heavy (non-hydrogen) atoms. The van der Waals surface area contributed by atoms with Crippen LogP contribution in [0.2, 0.25) is 0 Å². The van der Waals surface area contributed by atoms with Gasteiger partial charge in [-0.05, 0) is 66.8 Å². The van der Waals surface area contributed by atoms with E-state index in [9.17, 15) is 4.79 Å². The fourth-order valence-electron chi connectivity index (χ4n) is 2.30. The summed E-state index contributed by atoms with van der Waals surface area (Å²) in [5.74, 6) is 0.894. The molecule has 2 aromatic rings. The van der Waals surface area contributed by atoms with Gasteiger partial charge < -0.3 is 4.74 Å². The van der Waals surface area contributed by atoms with Crippen LogP contribution in [0.5, 0.6) is 5.75 Å². The Bertz CT molecular complexity index is 627. The van der Waals surface area contributed by atoms with E-state index in [4.69, 9.17) is 4.74 Å². The van der Waals surface area contributed by atoms with E-state index >= 15 is 0 Å². The fourth-order valence-corrected chi connectivity index (χ4v) is 2.30. The van der Waals surface area contributed by atoms with Gasteiger partial charge >= 0.3 is 0 Å². The van der Waals surface area contributed by atoms with Crippen LogP contribution in [0, 0.1) is 20.8 Å². The van der Waals surface area contributed by atoms with Crippen molar-refractivity contribution in [2.45, 2.75) is 20.8 Å². The molecule has 98 valence electrons. The Morgan fingerprint density at radius 3 is 2.21 bits per heavy atom. The first-order valence-electron chi connectivity index (χ1n) is 6.28. The van der Waals surface area contributed by atoms with Crippen molar-refractivity contribution in [2.75, 3.05) is 7.11 Å². The van der Waals surface area contributed by atoms with E-state index in [1.54, 1.807) is 7.11 Å². The molecule has 0 unspecified atom stereocenters. The van der Waals surface area contributed by atoms with Gasteiger partial charge in [0.05, 0.1) is 7.11 Å². The van der Waals surface area contributed by atoms with Crippen molar-refractivity contribution in [3.63, 3.8) is 0 Å². The summed E-state index contributed by atoms with van der Waals surface area (Å²) in [4.78, 5) is 10.9. The van der Waals surface area contributed by atoms with Gasteiger partial charge in [-0.2, -0.15) is 0 Å². The third-order valence-corrected chi connectivity index (χ3v) is 3.43. The summed E-state index contributed by atoms with van der Waals surface area (Å²) >= 11 is 0. The fraction of sp³-hybridized carbons (Fsp3) is 0.235. The summed E-state index contributed by atoms with van der Waals surface area (Å²) in [5.41, 5.74) is 6.37. The third kappa shape index (κ3) is 2.53. The topological polar surface area (TPSA) is 26.3 Å². The number of hydrogen-bond acceptors (Lipinski definition) is 2. The zero-order valence-corrected chi connectivity index (χ0v) is 11.8. The van der Waals surface area contributed by atoms with Crippen LogP contribution in [-0.2, 0) is 0 Å². The first-order valence-corrected chi connectivity index (χ1v) is 6.28. The normalized spacial score (nSPS) is 10.3. The Hall–Kier alpha value is -2.09. The summed E-state index contributed by atoms with van der Waals surface area (Å²) in [5, 5.41) is 0. The van der Waals surface area contributed by atoms with Crippen LogP contribution in [0.4, 0.5) is 0 Å². The highest BCUT2D eigenvalue weighted by molar-refractivity contribution is 5.81. The molecule has 0 amide bonds. The zero-order chi connectivity index (χ0) is 14.0. The van der Waals surface area contributed by atoms with E-state index < -0.39 is 0 Å². The van der Waals surface area contributed by atoms with Crippen molar-refractivity contribution in [2.24, 2.45) is 0 Å². The number of benzene rings is 2. The van der Waals surface area contributed by atoms with Crippen LogP contribution in [0.25, 0.3) is 11.1 Å². The zero-order valence-electron chi connectivity index (χ0n) is 11.8. The molecular formula is C17H18O2. The highest BCUT2D eigenvalue weighted by Crippen LogP contribution is 2.32. The van der Waals surface area contributed by atoms with Crippen molar-refractivity contribution in [3.05, 3.63) is 52.6 Å². The molecule has 0 heterocycles. The Morgan fingerprint density at radius 1 is 0.895 bits per heavy atom. The summed E-state index contributed by atoms with van der Waals surface area (Å²) in [7, 11) is 1.68. The van der Waals surface area contributed by atoms with Gasteiger partial charge in [0, 0.05) is 5.56 Å². The summed E-state index contributed by atoms with van der Waals surface area (Å²) in [6, 6.07) is 9.93. The van der Waals surface area contributed by atoms with Gasteiger partial charge in [-0.1, -0.05) is 12.1 Å². The van der Waals surface area contributed by atoms with Gasteiger partial charge in [-0.3, -0.25) is 4.79 Å². The van der Waals surface area contributed by atoms with Gasteiger partial charge in [0.15, 0.2) is 0 Å². The average Bonchev–Trinajstić information content (AvgIpc) is 2.41. The van der Waals surface area contributed by atoms with E-state index in [1.807, 2.05) is 31.2 Å². The minimum absolute atomic E-state index is 0.702. The molecule has 0 bridgehead atoms. The second-order valence-corrected chi connectivity index (χ2v) is 4.83. The monoisotopic (exact) mass is 254 g/mol. The van der Waals surface area contributed by atoms with E-state index in [0.717, 1.165) is 34.3 Å². The molecule has 0 radical (unpaired) electrons. The van der Waals surface area contributed by atoms with Crippen LogP contribution in [0.15, 0.2) is 30.3 Å². The summed E-state index contributed by atoms with van der Waals surface area (Å²) in [6.07, 6.45) is 0.884. The van der Waals surface area contributed by atoms with Crippen LogP contribution in [-0.4, -0.2) is 13.4 Å². The molecule has 0 saturated heterocycles. The maximum Gasteiger partial charge on any atom is 0.150 e. The number of methoxy groups -OCH3 is 1. The second kappa shape index (κ2) is 5.27. The molecule has 0 atom stereocenters. The first-order chi connectivity index (χ1) is 9.06. The molecule has 0 aliphatic rings. The standard InChI is InChI=1S/C17H18O2/c1-11-5-6-14(10-18)9-16(11)15-7-13(3)17(19-4)8-12(15)2/h5-10H,1-4H3. The number of aldehydes is 1. The Labute approximate surface area is 114 Å². The number of carbonyl (C=O) groups excluding carboxylic acids is 1. The van der Waals surface area contributed by atoms with Gasteiger partial charge in [0.25, 0.3) is 0 Å². The Kier molecular flexibility index (Phi) is 3.70. The largest absolute Gasteiger partial charge is 0.496 e. The Balaban J connectivity index is 2.65. The van der Waals surface area contributed by atoms with Crippen molar-refractivity contribution in [3.8, 4) is 16.9 Å². The highest BCUT2D eigenvalue weighted by Gasteiger charge is 2.09. The van der Waals surface area contributed by atoms with Crippen molar-refractivity contribution in [1.29, 1.82) is 0 Å². The molecule has 0 fully saturated rings. The average molecular weight is 254 g/mol. The lowest BCUT2D eigenvalue weighted by Gasteiger charge is -2.14. The SMILES string of the molecule is COc1cc(C)c(-c2cc(C=O)ccc2C)cc1C. The molecule has 2 rings (SSSR count). The maximum atomic E-state index is 10.9. The van der Waals surface area contributed by atoms with Gasteiger partial charge in [0.2, 0.25) is 0 Å². The lowest BCUT2D eigenvalue weighted by Crippen LogP contribution is -1.94. The van der Waals surface area contributed by atoms with Crippen molar-refractivity contribution in [1.82, 2.24) is 0 Å². The van der Waals surface area contributed by atoms with Crippen LogP contribution >= 0.6 is 0 Å². The van der Waals surface area contributed by atoms with Crippen molar-refractivity contribution >= 4 is 6.29 Å². The summed E-state index contributed by atoms with van der Waals surface area (Å²) in [6.45, 7) is 6.15. The van der Waals surface area contributed by atoms with Gasteiger partial charge in [-0.25, -0.2) is 0 Å². The van der Waals surface area contributed by atoms with E-state index in [1.165, 1.54) is 5.56 Å². The molecule has 2 nitrogen and oxygen atoms in total. The predicted molar refractivity (Wildman–Crippen MR) is 78.0 cm³/mol. The first kappa shape index (κ1) is 13.3. The van der Waals surface area contributed by atoms with E-state index in [-0.39, 0.29) is 0 Å². The lowest BCUT2D eigenvalue weighted by molar-refractivity contribution is 0.112. The predicted octanol–water partition coefficient (Wildman–Crippen LogP) is 4.10. The minimum Gasteiger partial charge on any atom is -0.496 e. The maximum absolute atomic E-state index is 10.9. The molecular weight excluding hydrogens is 236 g/mol. The number of aryl methyl sites for hydroxylation is 3. The molecule has 0 spiro atoms. The molecule has 2 heteroatoms. The van der Waals surface area contributed by atoms with Gasteiger partial charge in [-0.15, -0.1) is 0 Å². The molecule has 0 aromatic heterocycles. The molecule has 2 aromatic carbocycles. The lowest BCUT2D eigenvalue weighted by atomic mass is 9.93. The third-order valence-electron chi connectivity index (χ3n) is 3.43. The number of rotatable bonds is 3. The number of ether oxygens (including phenoxy) is 1. The van der Waals surface area contributed by atoms with E-state index in [0.29, 0.717) is 5.56 Å². The molecule has 0 N–H and O–H groups in total. The minimum atomic E-state index is 0.702. The molecule has 0 saturated carbocycles. The van der Waals surface area contributed by atoms with E-state index in [2.05, 4.69) is 19.9 Å². The quantitative estimate of drug-likeness (QED) is 0.771. The highest BCUT2D eigenvalue weighted by atomic mass is 16.5. The number of carbonyl (C=O) groups is 1. The smallest absolute Gasteiger partial charge is 0.150 e. The van der Waals surface area contributed by atoms with Crippen LogP contribution in [0.3, 0.4) is 0 Å². The van der Waals surface area contributed by atoms with Crippen LogP contribution in [0.1, 0.15) is 27.0 Å². The Morgan fingerprint density at radius 2 is 1.58 bits per heavy atom. The van der Waals surface area contributed by atoms with Crippen molar-refractivity contribution < 1.29 is 9.53 Å². The molecule has 0 aliphatic carbocycles. The van der Waals surface area contributed by atoms with Crippen LogP contribution < -0.4 is 4.74 Å². The number of hydrogen-bond donors (Lipinski definition) is 0. The second-order valence-electron chi connectivity index (χ2n) is 4.83. The van der Waals surface area contributed by atoms with Gasteiger partial charge in [0.1, 0.15) is 12.0 Å². The molecule has 0 aliphatic heterocycles. The summed E-state index contributed by atoms with van der Waals surface area (Å²) < 4.78 is 5.34.